The fourth-order valence-corrected chi connectivity index (χ4v) is 1.60. The van der Waals surface area contributed by atoms with Gasteiger partial charge in [0.05, 0.1) is 6.42 Å². The van der Waals surface area contributed by atoms with Gasteiger partial charge in [0.15, 0.2) is 0 Å². The first-order valence-electron chi connectivity index (χ1n) is 5.52. The zero-order chi connectivity index (χ0) is 13.3. The zero-order valence-corrected chi connectivity index (χ0v) is 10.3. The summed E-state index contributed by atoms with van der Waals surface area (Å²) in [7, 11) is 0. The van der Waals surface area contributed by atoms with Gasteiger partial charge in [-0.1, -0.05) is 45.0 Å². The number of halogens is 3. The van der Waals surface area contributed by atoms with Crippen LogP contribution in [-0.4, -0.2) is 6.18 Å². The van der Waals surface area contributed by atoms with Gasteiger partial charge in [-0.15, -0.1) is 0 Å². The van der Waals surface area contributed by atoms with Crippen LogP contribution in [0.3, 0.4) is 0 Å². The van der Waals surface area contributed by atoms with Crippen molar-refractivity contribution in [1.82, 2.24) is 0 Å². The molecule has 0 amide bonds. The molecule has 1 nitrogen and oxygen atoms in total. The van der Waals surface area contributed by atoms with E-state index in [0.717, 1.165) is 5.56 Å². The normalized spacial score (nSPS) is 14.8. The van der Waals surface area contributed by atoms with Gasteiger partial charge in [-0.25, -0.2) is 0 Å². The van der Waals surface area contributed by atoms with Crippen molar-refractivity contribution < 1.29 is 13.2 Å². The summed E-state index contributed by atoms with van der Waals surface area (Å²) in [5, 5.41) is 0. The second-order valence-electron chi connectivity index (χ2n) is 5.30. The van der Waals surface area contributed by atoms with E-state index in [4.69, 9.17) is 5.73 Å². The predicted molar refractivity (Wildman–Crippen MR) is 62.7 cm³/mol. The van der Waals surface area contributed by atoms with E-state index in [-0.39, 0.29) is 5.41 Å². The fourth-order valence-electron chi connectivity index (χ4n) is 1.60. The Hall–Kier alpha value is -1.03. The summed E-state index contributed by atoms with van der Waals surface area (Å²) in [6.45, 7) is 6.16. The van der Waals surface area contributed by atoms with Crippen LogP contribution in [0.4, 0.5) is 13.2 Å². The van der Waals surface area contributed by atoms with E-state index in [1.165, 1.54) is 0 Å². The van der Waals surface area contributed by atoms with Crippen LogP contribution in [-0.2, 0) is 5.41 Å². The van der Waals surface area contributed by atoms with Crippen molar-refractivity contribution in [1.29, 1.82) is 0 Å². The van der Waals surface area contributed by atoms with Crippen LogP contribution < -0.4 is 5.73 Å². The number of benzene rings is 1. The molecule has 96 valence electrons. The molecule has 0 aliphatic carbocycles. The van der Waals surface area contributed by atoms with E-state index in [2.05, 4.69) is 20.8 Å². The predicted octanol–water partition coefficient (Wildman–Crippen LogP) is 3.94. The monoisotopic (exact) mass is 245 g/mol. The molecule has 1 aromatic rings. The van der Waals surface area contributed by atoms with Crippen LogP contribution in [0, 0.1) is 0 Å². The molecule has 0 radical (unpaired) electrons. The van der Waals surface area contributed by atoms with Gasteiger partial charge in [-0.05, 0) is 16.5 Å². The maximum absolute atomic E-state index is 12.2. The van der Waals surface area contributed by atoms with Crippen LogP contribution in [0.2, 0.25) is 0 Å². The minimum atomic E-state index is -4.22. The fraction of sp³-hybridized carbons (Fsp3) is 0.538. The molecule has 0 fully saturated rings. The standard InChI is InChI=1S/C13H18F3N/c1-12(2,3)10-6-4-9(5-7-10)11(17)8-13(14,15)16/h4-7,11H,8,17H2,1-3H3/t11-/m0/s1. The third kappa shape index (κ3) is 4.38. The van der Waals surface area contributed by atoms with E-state index < -0.39 is 18.6 Å². The lowest BCUT2D eigenvalue weighted by Gasteiger charge is -2.20. The van der Waals surface area contributed by atoms with E-state index in [9.17, 15) is 13.2 Å². The molecule has 1 aromatic carbocycles. The molecular formula is C13H18F3N. The summed E-state index contributed by atoms with van der Waals surface area (Å²) in [6, 6.07) is 6.05. The molecule has 0 aliphatic heterocycles. The first-order chi connectivity index (χ1) is 7.59. The minimum Gasteiger partial charge on any atom is -0.324 e. The van der Waals surface area contributed by atoms with Crippen LogP contribution in [0.25, 0.3) is 0 Å². The third-order valence-electron chi connectivity index (χ3n) is 2.66. The molecule has 0 heterocycles. The van der Waals surface area contributed by atoms with E-state index >= 15 is 0 Å². The van der Waals surface area contributed by atoms with Crippen molar-refractivity contribution in [3.8, 4) is 0 Å². The molecule has 1 rings (SSSR count). The molecule has 2 N–H and O–H groups in total. The highest BCUT2D eigenvalue weighted by Crippen LogP contribution is 2.29. The Morgan fingerprint density at radius 3 is 1.88 bits per heavy atom. The first kappa shape index (κ1) is 14.0. The van der Waals surface area contributed by atoms with Crippen molar-refractivity contribution >= 4 is 0 Å². The van der Waals surface area contributed by atoms with Gasteiger partial charge < -0.3 is 5.73 Å². The molecule has 4 heteroatoms. The third-order valence-corrected chi connectivity index (χ3v) is 2.66. The van der Waals surface area contributed by atoms with Crippen molar-refractivity contribution in [3.05, 3.63) is 35.4 Å². The number of alkyl halides is 3. The molecular weight excluding hydrogens is 227 g/mol. The number of hydrogen-bond acceptors (Lipinski definition) is 1. The van der Waals surface area contributed by atoms with Crippen molar-refractivity contribution in [3.63, 3.8) is 0 Å². The molecule has 0 bridgehead atoms. The van der Waals surface area contributed by atoms with Gasteiger partial charge in [0.1, 0.15) is 0 Å². The van der Waals surface area contributed by atoms with Gasteiger partial charge in [0.2, 0.25) is 0 Å². The number of rotatable bonds is 2. The summed E-state index contributed by atoms with van der Waals surface area (Å²) in [5.41, 5.74) is 7.12. The Bertz CT molecular complexity index is 360. The number of hydrogen-bond donors (Lipinski definition) is 1. The Morgan fingerprint density at radius 1 is 1.06 bits per heavy atom. The zero-order valence-electron chi connectivity index (χ0n) is 10.3. The van der Waals surface area contributed by atoms with E-state index in [1.54, 1.807) is 12.1 Å². The maximum Gasteiger partial charge on any atom is 0.390 e. The Balaban J connectivity index is 2.81. The van der Waals surface area contributed by atoms with Crippen molar-refractivity contribution in [2.75, 3.05) is 0 Å². The largest absolute Gasteiger partial charge is 0.390 e. The highest BCUT2D eigenvalue weighted by Gasteiger charge is 2.30. The van der Waals surface area contributed by atoms with Gasteiger partial charge in [-0.3, -0.25) is 0 Å². The molecule has 0 aromatic heterocycles. The highest BCUT2D eigenvalue weighted by molar-refractivity contribution is 5.29. The van der Waals surface area contributed by atoms with Crippen LogP contribution >= 0.6 is 0 Å². The lowest BCUT2D eigenvalue weighted by molar-refractivity contribution is -0.138. The SMILES string of the molecule is CC(C)(C)c1ccc([C@@H](N)CC(F)(F)F)cc1. The summed E-state index contributed by atoms with van der Waals surface area (Å²) < 4.78 is 36.5. The Kier molecular flexibility index (Phi) is 3.87. The van der Waals surface area contributed by atoms with E-state index in [1.807, 2.05) is 12.1 Å². The topological polar surface area (TPSA) is 26.0 Å². The van der Waals surface area contributed by atoms with Crippen LogP contribution in [0.1, 0.15) is 44.4 Å². The minimum absolute atomic E-state index is 0.00729. The lowest BCUT2D eigenvalue weighted by Crippen LogP contribution is -2.20. The molecule has 1 atom stereocenters. The van der Waals surface area contributed by atoms with Crippen molar-refractivity contribution in [2.45, 2.75) is 44.8 Å². The maximum atomic E-state index is 12.2. The van der Waals surface area contributed by atoms with Gasteiger partial charge in [-0.2, -0.15) is 13.2 Å². The molecule has 0 unspecified atom stereocenters. The Morgan fingerprint density at radius 2 is 1.53 bits per heavy atom. The molecule has 0 saturated heterocycles. The summed E-state index contributed by atoms with van der Waals surface area (Å²) in [4.78, 5) is 0. The number of nitrogens with two attached hydrogens (primary N) is 1. The summed E-state index contributed by atoms with van der Waals surface area (Å²) in [6.07, 6.45) is -5.20. The van der Waals surface area contributed by atoms with Crippen LogP contribution in [0.5, 0.6) is 0 Å². The molecule has 0 aliphatic rings. The van der Waals surface area contributed by atoms with Gasteiger partial charge in [0.25, 0.3) is 0 Å². The summed E-state index contributed by atoms with van der Waals surface area (Å²) >= 11 is 0. The average molecular weight is 245 g/mol. The van der Waals surface area contributed by atoms with Crippen LogP contribution in [0.15, 0.2) is 24.3 Å². The smallest absolute Gasteiger partial charge is 0.324 e. The van der Waals surface area contributed by atoms with Gasteiger partial charge in [0, 0.05) is 6.04 Å². The lowest BCUT2D eigenvalue weighted by atomic mass is 9.86. The Labute approximate surface area is 99.8 Å². The highest BCUT2D eigenvalue weighted by atomic mass is 19.4. The quantitative estimate of drug-likeness (QED) is 0.839. The van der Waals surface area contributed by atoms with E-state index in [0.29, 0.717) is 5.56 Å². The first-order valence-corrected chi connectivity index (χ1v) is 5.52. The average Bonchev–Trinajstić information content (AvgIpc) is 2.14. The second kappa shape index (κ2) is 4.69. The molecule has 0 saturated carbocycles. The summed E-state index contributed by atoms with van der Waals surface area (Å²) in [5.74, 6) is 0. The van der Waals surface area contributed by atoms with Crippen molar-refractivity contribution in [2.24, 2.45) is 5.73 Å². The second-order valence-corrected chi connectivity index (χ2v) is 5.30. The molecule has 17 heavy (non-hydrogen) atoms. The molecule has 0 spiro atoms. The van der Waals surface area contributed by atoms with Gasteiger partial charge >= 0.3 is 6.18 Å².